The summed E-state index contributed by atoms with van der Waals surface area (Å²) in [4.78, 5) is 11.7. The van der Waals surface area contributed by atoms with Crippen molar-refractivity contribution in [2.45, 2.75) is 25.2 Å². The van der Waals surface area contributed by atoms with Crippen LogP contribution in [0.15, 0.2) is 24.3 Å². The van der Waals surface area contributed by atoms with E-state index in [0.29, 0.717) is 17.7 Å². The van der Waals surface area contributed by atoms with Crippen molar-refractivity contribution in [1.82, 2.24) is 0 Å². The Labute approximate surface area is 102 Å². The number of alkyl halides is 3. The summed E-state index contributed by atoms with van der Waals surface area (Å²) in [5, 5.41) is 0. The van der Waals surface area contributed by atoms with Gasteiger partial charge in [0.1, 0.15) is 0 Å². The molecule has 0 spiro atoms. The molecule has 1 aromatic carbocycles. The molecular weight excluding hydrogens is 247 g/mol. The van der Waals surface area contributed by atoms with Gasteiger partial charge in [0.15, 0.2) is 0 Å². The highest BCUT2D eigenvalue weighted by atomic mass is 19.4. The number of halogens is 3. The molecule has 0 N–H and O–H groups in total. The molecule has 0 saturated heterocycles. The average molecular weight is 259 g/mol. The highest BCUT2D eigenvalue weighted by Crippen LogP contribution is 2.39. The number of methoxy groups -OCH3 is 1. The molecule has 18 heavy (non-hydrogen) atoms. The smallest absolute Gasteiger partial charge is 0.465 e. The number of rotatable bonds is 3. The van der Waals surface area contributed by atoms with E-state index in [1.54, 1.807) is 0 Å². The lowest BCUT2D eigenvalue weighted by atomic mass is 10.2. The lowest BCUT2D eigenvalue weighted by Crippen LogP contribution is -2.39. The van der Waals surface area contributed by atoms with Gasteiger partial charge in [-0.2, -0.15) is 13.2 Å². The summed E-state index contributed by atoms with van der Waals surface area (Å²) in [7, 11) is 1.19. The minimum atomic E-state index is -4.43. The molecule has 1 saturated carbocycles. The number of esters is 1. The summed E-state index contributed by atoms with van der Waals surface area (Å²) in [5.41, 5.74) is 0.0952. The Morgan fingerprint density at radius 1 is 1.39 bits per heavy atom. The molecule has 0 aromatic heterocycles. The Hall–Kier alpha value is -1.72. The maximum absolute atomic E-state index is 12.9. The Morgan fingerprint density at radius 3 is 2.56 bits per heavy atom. The van der Waals surface area contributed by atoms with Crippen LogP contribution in [0, 0.1) is 0 Å². The SMILES string of the molecule is COC(=O)c1cccc(N(C2CC2)C(F)(F)F)c1. The van der Waals surface area contributed by atoms with Crippen LogP contribution in [0.25, 0.3) is 0 Å². The van der Waals surface area contributed by atoms with Gasteiger partial charge < -0.3 is 4.74 Å². The summed E-state index contributed by atoms with van der Waals surface area (Å²) in [6.07, 6.45) is -3.40. The summed E-state index contributed by atoms with van der Waals surface area (Å²) in [6, 6.07) is 4.88. The van der Waals surface area contributed by atoms with E-state index in [4.69, 9.17) is 0 Å². The van der Waals surface area contributed by atoms with Gasteiger partial charge in [0.2, 0.25) is 0 Å². The monoisotopic (exact) mass is 259 g/mol. The third-order valence-corrected chi connectivity index (χ3v) is 2.73. The molecular formula is C12H12F3NO2. The van der Waals surface area contributed by atoms with Gasteiger partial charge in [0.25, 0.3) is 0 Å². The van der Waals surface area contributed by atoms with Crippen molar-refractivity contribution in [3.05, 3.63) is 29.8 Å². The van der Waals surface area contributed by atoms with Gasteiger partial charge in [-0.3, -0.25) is 4.90 Å². The molecule has 0 unspecified atom stereocenters. The highest BCUT2D eigenvalue weighted by Gasteiger charge is 2.46. The molecule has 0 radical (unpaired) electrons. The standard InChI is InChI=1S/C12H12F3NO2/c1-18-11(17)8-3-2-4-10(7-8)16(9-5-6-9)12(13,14)15/h2-4,7,9H,5-6H2,1H3. The Kier molecular flexibility index (Phi) is 3.19. The largest absolute Gasteiger partial charge is 0.485 e. The zero-order chi connectivity index (χ0) is 13.3. The minimum absolute atomic E-state index is 0.0205. The van der Waals surface area contributed by atoms with Gasteiger partial charge in [-0.15, -0.1) is 0 Å². The van der Waals surface area contributed by atoms with Crippen molar-refractivity contribution in [2.24, 2.45) is 0 Å². The van der Waals surface area contributed by atoms with E-state index in [9.17, 15) is 18.0 Å². The zero-order valence-electron chi connectivity index (χ0n) is 9.70. The van der Waals surface area contributed by atoms with Gasteiger partial charge in [0.05, 0.1) is 12.7 Å². The second-order valence-corrected chi connectivity index (χ2v) is 4.11. The molecule has 0 bridgehead atoms. The van der Waals surface area contributed by atoms with Crippen molar-refractivity contribution >= 4 is 11.7 Å². The second kappa shape index (κ2) is 4.51. The van der Waals surface area contributed by atoms with Crippen molar-refractivity contribution in [2.75, 3.05) is 12.0 Å². The zero-order valence-corrected chi connectivity index (χ0v) is 9.70. The summed E-state index contributed by atoms with van der Waals surface area (Å²) in [5.74, 6) is -0.644. The number of hydrogen-bond acceptors (Lipinski definition) is 3. The maximum atomic E-state index is 12.9. The molecule has 0 atom stereocenters. The average Bonchev–Trinajstić information content (AvgIpc) is 3.11. The van der Waals surface area contributed by atoms with Gasteiger partial charge in [-0.05, 0) is 31.0 Å². The van der Waals surface area contributed by atoms with E-state index in [1.807, 2.05) is 0 Å². The predicted molar refractivity (Wildman–Crippen MR) is 59.3 cm³/mol. The molecule has 3 nitrogen and oxygen atoms in total. The lowest BCUT2D eigenvalue weighted by molar-refractivity contribution is -0.130. The molecule has 98 valence electrons. The number of anilines is 1. The Balaban J connectivity index is 2.33. The van der Waals surface area contributed by atoms with Crippen LogP contribution in [-0.4, -0.2) is 25.4 Å². The first-order valence-electron chi connectivity index (χ1n) is 5.48. The van der Waals surface area contributed by atoms with Crippen LogP contribution in [0.1, 0.15) is 23.2 Å². The van der Waals surface area contributed by atoms with E-state index in [1.165, 1.54) is 31.4 Å². The quantitative estimate of drug-likeness (QED) is 0.617. The van der Waals surface area contributed by atoms with Gasteiger partial charge >= 0.3 is 12.3 Å². The van der Waals surface area contributed by atoms with Crippen LogP contribution in [0.2, 0.25) is 0 Å². The fraction of sp³-hybridized carbons (Fsp3) is 0.417. The number of ether oxygens (including phenoxy) is 1. The van der Waals surface area contributed by atoms with Crippen LogP contribution in [0.5, 0.6) is 0 Å². The first-order valence-corrected chi connectivity index (χ1v) is 5.48. The van der Waals surface area contributed by atoms with Crippen molar-refractivity contribution < 1.29 is 22.7 Å². The van der Waals surface area contributed by atoms with Crippen LogP contribution in [0.4, 0.5) is 18.9 Å². The first-order chi connectivity index (χ1) is 8.43. The number of benzene rings is 1. The highest BCUT2D eigenvalue weighted by molar-refractivity contribution is 5.90. The first kappa shape index (κ1) is 12.7. The van der Waals surface area contributed by atoms with Crippen LogP contribution < -0.4 is 4.90 Å². The third kappa shape index (κ3) is 2.57. The molecule has 2 rings (SSSR count). The Bertz CT molecular complexity index is 455. The van der Waals surface area contributed by atoms with E-state index in [2.05, 4.69) is 4.74 Å². The van der Waals surface area contributed by atoms with Gasteiger partial charge in [-0.25, -0.2) is 4.79 Å². The summed E-state index contributed by atoms with van der Waals surface area (Å²) in [6.45, 7) is 0. The number of hydrogen-bond donors (Lipinski definition) is 0. The third-order valence-electron chi connectivity index (χ3n) is 2.73. The van der Waals surface area contributed by atoms with Crippen LogP contribution >= 0.6 is 0 Å². The topological polar surface area (TPSA) is 29.5 Å². The molecule has 1 aromatic rings. The van der Waals surface area contributed by atoms with E-state index < -0.39 is 18.3 Å². The van der Waals surface area contributed by atoms with Gasteiger partial charge in [0, 0.05) is 11.7 Å². The maximum Gasteiger partial charge on any atom is 0.485 e. The van der Waals surface area contributed by atoms with Crippen LogP contribution in [0.3, 0.4) is 0 Å². The molecule has 0 aliphatic heterocycles. The predicted octanol–water partition coefficient (Wildman–Crippen LogP) is 2.96. The fourth-order valence-electron chi connectivity index (χ4n) is 1.80. The van der Waals surface area contributed by atoms with Crippen LogP contribution in [-0.2, 0) is 4.74 Å². The molecule has 0 heterocycles. The second-order valence-electron chi connectivity index (χ2n) is 4.11. The number of carbonyl (C=O) groups excluding carboxylic acids is 1. The molecule has 1 fully saturated rings. The normalized spacial score (nSPS) is 15.3. The molecule has 1 aliphatic carbocycles. The lowest BCUT2D eigenvalue weighted by Gasteiger charge is -2.27. The van der Waals surface area contributed by atoms with E-state index in [0.717, 1.165) is 0 Å². The molecule has 0 amide bonds. The Morgan fingerprint density at radius 2 is 2.06 bits per heavy atom. The number of nitrogens with zero attached hydrogens (tertiary/aromatic N) is 1. The van der Waals surface area contributed by atoms with Crippen molar-refractivity contribution in [3.8, 4) is 0 Å². The van der Waals surface area contributed by atoms with Crippen molar-refractivity contribution in [3.63, 3.8) is 0 Å². The fourth-order valence-corrected chi connectivity index (χ4v) is 1.80. The minimum Gasteiger partial charge on any atom is -0.465 e. The number of carbonyl (C=O) groups is 1. The van der Waals surface area contributed by atoms with E-state index >= 15 is 0 Å². The molecule has 1 aliphatic rings. The molecule has 6 heteroatoms. The van der Waals surface area contributed by atoms with E-state index in [-0.39, 0.29) is 11.3 Å². The van der Waals surface area contributed by atoms with Crippen molar-refractivity contribution in [1.29, 1.82) is 0 Å². The van der Waals surface area contributed by atoms with Gasteiger partial charge in [-0.1, -0.05) is 6.07 Å². The summed E-state index contributed by atoms with van der Waals surface area (Å²) < 4.78 is 43.3. The summed E-state index contributed by atoms with van der Waals surface area (Å²) >= 11 is 0.